The van der Waals surface area contributed by atoms with E-state index in [1.807, 2.05) is 18.2 Å². The van der Waals surface area contributed by atoms with Gasteiger partial charge < -0.3 is 9.84 Å². The van der Waals surface area contributed by atoms with Crippen molar-refractivity contribution in [1.29, 1.82) is 0 Å². The average molecular weight is 260 g/mol. The van der Waals surface area contributed by atoms with Crippen LogP contribution < -0.4 is 4.74 Å². The Morgan fingerprint density at radius 2 is 2.22 bits per heavy atom. The van der Waals surface area contributed by atoms with Gasteiger partial charge in [-0.1, -0.05) is 12.1 Å². The van der Waals surface area contributed by atoms with E-state index < -0.39 is 5.97 Å². The maximum absolute atomic E-state index is 11.0. The highest BCUT2D eigenvalue weighted by atomic mass is 32.1. The molecule has 1 heterocycles. The van der Waals surface area contributed by atoms with Gasteiger partial charge in [0.15, 0.2) is 0 Å². The molecule has 0 spiro atoms. The maximum Gasteiger partial charge on any atom is 0.345 e. The van der Waals surface area contributed by atoms with Gasteiger partial charge in [-0.25, -0.2) is 4.79 Å². The van der Waals surface area contributed by atoms with Crippen molar-refractivity contribution in [2.45, 2.75) is 12.8 Å². The molecule has 0 unspecified atom stereocenters. The fourth-order valence-corrected chi connectivity index (χ4v) is 3.54. The molecule has 18 heavy (non-hydrogen) atoms. The molecule has 0 bridgehead atoms. The summed E-state index contributed by atoms with van der Waals surface area (Å²) >= 11 is 1.35. The van der Waals surface area contributed by atoms with Crippen LogP contribution in [-0.4, -0.2) is 18.2 Å². The highest BCUT2D eigenvalue weighted by Crippen LogP contribution is 2.42. The first-order chi connectivity index (χ1) is 8.70. The molecule has 0 saturated heterocycles. The molecule has 92 valence electrons. The zero-order valence-electron chi connectivity index (χ0n) is 9.90. The molecule has 2 aromatic rings. The Morgan fingerprint density at radius 1 is 1.39 bits per heavy atom. The Morgan fingerprint density at radius 3 is 2.94 bits per heavy atom. The lowest BCUT2D eigenvalue weighted by Gasteiger charge is -2.18. The number of hydrogen-bond acceptors (Lipinski definition) is 3. The first-order valence-electron chi connectivity index (χ1n) is 5.73. The number of fused-ring (bicyclic) bond motifs is 3. The van der Waals surface area contributed by atoms with Crippen LogP contribution in [0.1, 0.15) is 20.8 Å². The van der Waals surface area contributed by atoms with Crippen molar-refractivity contribution in [3.05, 3.63) is 40.3 Å². The molecule has 1 aromatic carbocycles. The van der Waals surface area contributed by atoms with Gasteiger partial charge in [-0.15, -0.1) is 11.3 Å². The quantitative estimate of drug-likeness (QED) is 0.901. The van der Waals surface area contributed by atoms with Crippen LogP contribution in [0.3, 0.4) is 0 Å². The summed E-state index contributed by atoms with van der Waals surface area (Å²) < 4.78 is 5.37. The summed E-state index contributed by atoms with van der Waals surface area (Å²) in [7, 11) is 1.67. The molecule has 3 nitrogen and oxygen atoms in total. The number of carboxylic acids is 1. The van der Waals surface area contributed by atoms with E-state index in [1.165, 1.54) is 16.9 Å². The molecule has 0 amide bonds. The van der Waals surface area contributed by atoms with E-state index in [-0.39, 0.29) is 0 Å². The zero-order chi connectivity index (χ0) is 12.7. The van der Waals surface area contributed by atoms with Gasteiger partial charge >= 0.3 is 5.97 Å². The van der Waals surface area contributed by atoms with Gasteiger partial charge in [0.05, 0.1) is 7.11 Å². The van der Waals surface area contributed by atoms with Crippen molar-refractivity contribution in [1.82, 2.24) is 0 Å². The van der Waals surface area contributed by atoms with Crippen molar-refractivity contribution < 1.29 is 14.6 Å². The Labute approximate surface area is 109 Å². The maximum atomic E-state index is 11.0. The van der Waals surface area contributed by atoms with Crippen LogP contribution in [0.15, 0.2) is 24.3 Å². The third-order valence-electron chi connectivity index (χ3n) is 3.26. The highest BCUT2D eigenvalue weighted by molar-refractivity contribution is 7.17. The molecule has 1 aliphatic carbocycles. The predicted molar refractivity (Wildman–Crippen MR) is 70.7 cm³/mol. The fraction of sp³-hybridized carbons (Fsp3) is 0.214. The number of methoxy groups -OCH3 is 1. The third-order valence-corrected chi connectivity index (χ3v) is 4.46. The number of aryl methyl sites for hydroxylation is 1. The molecule has 0 fully saturated rings. The number of benzene rings is 1. The van der Waals surface area contributed by atoms with Crippen LogP contribution in [0.2, 0.25) is 0 Å². The van der Waals surface area contributed by atoms with Gasteiger partial charge in [0, 0.05) is 10.4 Å². The van der Waals surface area contributed by atoms with Crippen molar-refractivity contribution in [2.24, 2.45) is 0 Å². The van der Waals surface area contributed by atoms with Crippen LogP contribution in [0, 0.1) is 0 Å². The number of rotatable bonds is 2. The fourth-order valence-electron chi connectivity index (χ4n) is 2.43. The van der Waals surface area contributed by atoms with Gasteiger partial charge in [-0.2, -0.15) is 0 Å². The number of ether oxygens (including phenoxy) is 1. The molecule has 0 atom stereocenters. The Balaban J connectivity index is 2.19. The largest absolute Gasteiger partial charge is 0.496 e. The van der Waals surface area contributed by atoms with Gasteiger partial charge in [0.1, 0.15) is 10.6 Å². The smallest absolute Gasteiger partial charge is 0.345 e. The van der Waals surface area contributed by atoms with Gasteiger partial charge in [0.25, 0.3) is 0 Å². The molecule has 0 saturated carbocycles. The minimum Gasteiger partial charge on any atom is -0.496 e. The second kappa shape index (κ2) is 4.14. The second-order valence-corrected chi connectivity index (χ2v) is 5.31. The first-order valence-corrected chi connectivity index (χ1v) is 6.54. The van der Waals surface area contributed by atoms with E-state index in [4.69, 9.17) is 9.84 Å². The van der Waals surface area contributed by atoms with E-state index >= 15 is 0 Å². The van der Waals surface area contributed by atoms with Crippen LogP contribution in [0.25, 0.3) is 10.4 Å². The normalized spacial score (nSPS) is 12.7. The molecule has 1 N–H and O–H groups in total. The van der Waals surface area contributed by atoms with E-state index in [2.05, 4.69) is 0 Å². The summed E-state index contributed by atoms with van der Waals surface area (Å²) in [5.74, 6) is 0.0438. The van der Waals surface area contributed by atoms with Crippen LogP contribution in [0.4, 0.5) is 0 Å². The van der Waals surface area contributed by atoms with Gasteiger partial charge in [-0.05, 0) is 36.1 Å². The lowest BCUT2D eigenvalue weighted by molar-refractivity contribution is 0.0702. The molecule has 3 rings (SSSR count). The van der Waals surface area contributed by atoms with E-state index in [9.17, 15) is 4.79 Å². The standard InChI is InChI=1S/C14H12O3S/c1-17-11-4-2-3-10-9(11)6-5-8-7-12(14(15)16)18-13(8)10/h2-4,7H,5-6H2,1H3,(H,15,16). The predicted octanol–water partition coefficient (Wildman–Crippen LogP) is 3.22. The molecular formula is C14H12O3S. The van der Waals surface area contributed by atoms with E-state index in [0.717, 1.165) is 34.6 Å². The van der Waals surface area contributed by atoms with E-state index in [1.54, 1.807) is 13.2 Å². The first kappa shape index (κ1) is 11.3. The van der Waals surface area contributed by atoms with Gasteiger partial charge in [0.2, 0.25) is 0 Å². The second-order valence-electron chi connectivity index (χ2n) is 4.26. The Hall–Kier alpha value is -1.81. The zero-order valence-corrected chi connectivity index (χ0v) is 10.7. The summed E-state index contributed by atoms with van der Waals surface area (Å²) in [6.45, 7) is 0. The van der Waals surface area contributed by atoms with Crippen LogP contribution >= 0.6 is 11.3 Å². The lowest BCUT2D eigenvalue weighted by atomic mass is 9.91. The van der Waals surface area contributed by atoms with Crippen molar-refractivity contribution in [3.63, 3.8) is 0 Å². The van der Waals surface area contributed by atoms with E-state index in [0.29, 0.717) is 4.88 Å². The molecule has 4 heteroatoms. The van der Waals surface area contributed by atoms with Crippen molar-refractivity contribution in [2.75, 3.05) is 7.11 Å². The highest BCUT2D eigenvalue weighted by Gasteiger charge is 2.23. The molecule has 0 radical (unpaired) electrons. The summed E-state index contributed by atoms with van der Waals surface area (Å²) in [4.78, 5) is 12.5. The molecule has 0 aliphatic heterocycles. The minimum absolute atomic E-state index is 0.413. The molecular weight excluding hydrogens is 248 g/mol. The average Bonchev–Trinajstić information content (AvgIpc) is 2.82. The summed E-state index contributed by atoms with van der Waals surface area (Å²) in [5.41, 5.74) is 3.44. The molecule has 1 aromatic heterocycles. The van der Waals surface area contributed by atoms with Crippen molar-refractivity contribution >= 4 is 17.3 Å². The minimum atomic E-state index is -0.848. The molecule has 1 aliphatic rings. The topological polar surface area (TPSA) is 46.5 Å². The summed E-state index contributed by atoms with van der Waals surface area (Å²) in [5, 5.41) is 9.07. The monoisotopic (exact) mass is 260 g/mol. The Bertz CT molecular complexity index is 628. The van der Waals surface area contributed by atoms with Gasteiger partial charge in [-0.3, -0.25) is 0 Å². The SMILES string of the molecule is COc1cccc2c1CCc1cc(C(=O)O)sc1-2. The third kappa shape index (κ3) is 1.61. The number of aromatic carboxylic acids is 1. The Kier molecular flexibility index (Phi) is 2.59. The summed E-state index contributed by atoms with van der Waals surface area (Å²) in [6, 6.07) is 7.74. The number of hydrogen-bond donors (Lipinski definition) is 1. The lowest BCUT2D eigenvalue weighted by Crippen LogP contribution is -2.03. The number of carboxylic acid groups (broad SMARTS) is 1. The number of carbonyl (C=O) groups is 1. The number of thiophene rings is 1. The van der Waals surface area contributed by atoms with Crippen molar-refractivity contribution in [3.8, 4) is 16.2 Å². The summed E-state index contributed by atoms with van der Waals surface area (Å²) in [6.07, 6.45) is 1.79. The van der Waals surface area contributed by atoms with Crippen LogP contribution in [-0.2, 0) is 12.8 Å². The van der Waals surface area contributed by atoms with Crippen LogP contribution in [0.5, 0.6) is 5.75 Å².